The van der Waals surface area contributed by atoms with E-state index in [9.17, 15) is 0 Å². The second kappa shape index (κ2) is 5.47. The number of rotatable bonds is 5. The van der Waals surface area contributed by atoms with E-state index in [0.29, 0.717) is 12.5 Å². The molecule has 0 aliphatic heterocycles. The number of tetrazole rings is 1. The van der Waals surface area contributed by atoms with Crippen molar-refractivity contribution in [2.24, 2.45) is 7.05 Å². The van der Waals surface area contributed by atoms with Gasteiger partial charge < -0.3 is 5.32 Å². The Labute approximate surface area is 115 Å². The van der Waals surface area contributed by atoms with Crippen molar-refractivity contribution < 1.29 is 0 Å². The molecule has 0 radical (unpaired) electrons. The molecule has 1 aromatic carbocycles. The zero-order valence-electron chi connectivity index (χ0n) is 11.0. The Balaban J connectivity index is 1.67. The topological polar surface area (TPSA) is 86.3 Å². The van der Waals surface area contributed by atoms with Crippen molar-refractivity contribution in [1.29, 1.82) is 0 Å². The van der Waals surface area contributed by atoms with Crippen molar-refractivity contribution in [2.45, 2.75) is 6.42 Å². The van der Waals surface area contributed by atoms with Gasteiger partial charge in [0, 0.05) is 20.0 Å². The number of benzene rings is 1. The SMILES string of the molecule is Cn1ncnc1CCNc1nnnn1-c1ccccc1. The van der Waals surface area contributed by atoms with E-state index < -0.39 is 0 Å². The minimum Gasteiger partial charge on any atom is -0.352 e. The fraction of sp³-hybridized carbons (Fsp3) is 0.250. The molecular formula is C12H14N8. The van der Waals surface area contributed by atoms with Crippen molar-refractivity contribution in [2.75, 3.05) is 11.9 Å². The van der Waals surface area contributed by atoms with Gasteiger partial charge in [-0.2, -0.15) is 9.78 Å². The number of aromatic nitrogens is 7. The van der Waals surface area contributed by atoms with Crippen LogP contribution in [0.4, 0.5) is 5.95 Å². The van der Waals surface area contributed by atoms with Crippen LogP contribution in [0.15, 0.2) is 36.7 Å². The van der Waals surface area contributed by atoms with Gasteiger partial charge in [-0.3, -0.25) is 4.68 Å². The van der Waals surface area contributed by atoms with Gasteiger partial charge in [0.05, 0.1) is 5.69 Å². The molecule has 1 N–H and O–H groups in total. The summed E-state index contributed by atoms with van der Waals surface area (Å²) in [5.41, 5.74) is 0.915. The Morgan fingerprint density at radius 2 is 2.05 bits per heavy atom. The lowest BCUT2D eigenvalue weighted by Crippen LogP contribution is -2.12. The van der Waals surface area contributed by atoms with Gasteiger partial charge >= 0.3 is 0 Å². The van der Waals surface area contributed by atoms with Crippen LogP contribution in [0.2, 0.25) is 0 Å². The Morgan fingerprint density at radius 3 is 2.80 bits per heavy atom. The van der Waals surface area contributed by atoms with E-state index in [1.165, 1.54) is 0 Å². The van der Waals surface area contributed by atoms with Crippen molar-refractivity contribution in [3.8, 4) is 5.69 Å². The van der Waals surface area contributed by atoms with Crippen LogP contribution in [-0.2, 0) is 13.5 Å². The summed E-state index contributed by atoms with van der Waals surface area (Å²) in [6.07, 6.45) is 2.29. The van der Waals surface area contributed by atoms with Gasteiger partial charge in [0.25, 0.3) is 0 Å². The number of hydrogen-bond donors (Lipinski definition) is 1. The molecule has 0 aliphatic rings. The first-order valence-corrected chi connectivity index (χ1v) is 6.25. The molecule has 8 nitrogen and oxygen atoms in total. The second-order valence-electron chi connectivity index (χ2n) is 4.23. The van der Waals surface area contributed by atoms with Crippen LogP contribution in [-0.4, -0.2) is 41.5 Å². The molecule has 0 saturated carbocycles. The predicted octanol–water partition coefficient (Wildman–Crippen LogP) is 0.445. The Hall–Kier alpha value is -2.77. The standard InChI is InChI=1S/C12H14N8/c1-19-11(14-9-15-19)7-8-13-12-16-17-18-20(12)10-5-3-2-4-6-10/h2-6,9H,7-8H2,1H3,(H,13,16,18). The summed E-state index contributed by atoms with van der Waals surface area (Å²) in [6.45, 7) is 0.680. The van der Waals surface area contributed by atoms with E-state index in [2.05, 4.69) is 30.9 Å². The molecule has 0 unspecified atom stereocenters. The monoisotopic (exact) mass is 270 g/mol. The normalized spacial score (nSPS) is 10.7. The van der Waals surface area contributed by atoms with Gasteiger partial charge in [-0.15, -0.1) is 0 Å². The minimum atomic E-state index is 0.610. The predicted molar refractivity (Wildman–Crippen MR) is 72.4 cm³/mol. The van der Waals surface area contributed by atoms with E-state index in [1.54, 1.807) is 15.7 Å². The molecule has 2 heterocycles. The van der Waals surface area contributed by atoms with Crippen LogP contribution in [0.5, 0.6) is 0 Å². The van der Waals surface area contributed by atoms with Crippen LogP contribution in [0.1, 0.15) is 5.82 Å². The third-order valence-electron chi connectivity index (χ3n) is 2.91. The molecule has 102 valence electrons. The summed E-state index contributed by atoms with van der Waals surface area (Å²) in [5, 5.41) is 18.9. The molecule has 0 saturated heterocycles. The fourth-order valence-corrected chi connectivity index (χ4v) is 1.87. The van der Waals surface area contributed by atoms with Crippen LogP contribution in [0, 0.1) is 0 Å². The number of aryl methyl sites for hydroxylation is 1. The summed E-state index contributed by atoms with van der Waals surface area (Å²) in [6, 6.07) is 9.74. The van der Waals surface area contributed by atoms with Gasteiger partial charge in [-0.1, -0.05) is 23.3 Å². The highest BCUT2D eigenvalue weighted by Crippen LogP contribution is 2.10. The molecule has 3 rings (SSSR count). The summed E-state index contributed by atoms with van der Waals surface area (Å²) in [7, 11) is 1.87. The van der Waals surface area contributed by atoms with Gasteiger partial charge in [-0.05, 0) is 22.6 Å². The molecule has 0 spiro atoms. The second-order valence-corrected chi connectivity index (χ2v) is 4.23. The highest BCUT2D eigenvalue weighted by Gasteiger charge is 2.07. The van der Waals surface area contributed by atoms with E-state index in [-0.39, 0.29) is 0 Å². The highest BCUT2D eigenvalue weighted by molar-refractivity contribution is 5.38. The Bertz CT molecular complexity index is 672. The van der Waals surface area contributed by atoms with Crippen molar-refractivity contribution in [1.82, 2.24) is 35.0 Å². The van der Waals surface area contributed by atoms with Crippen LogP contribution < -0.4 is 5.32 Å². The highest BCUT2D eigenvalue weighted by atomic mass is 15.6. The molecule has 3 aromatic rings. The summed E-state index contributed by atoms with van der Waals surface area (Å²) < 4.78 is 3.42. The quantitative estimate of drug-likeness (QED) is 0.724. The average molecular weight is 270 g/mol. The van der Waals surface area contributed by atoms with Crippen molar-refractivity contribution in [3.63, 3.8) is 0 Å². The Kier molecular flexibility index (Phi) is 3.36. The number of para-hydroxylation sites is 1. The number of nitrogens with one attached hydrogen (secondary N) is 1. The van der Waals surface area contributed by atoms with Gasteiger partial charge in [0.15, 0.2) is 0 Å². The van der Waals surface area contributed by atoms with Gasteiger partial charge in [-0.25, -0.2) is 4.98 Å². The number of anilines is 1. The summed E-state index contributed by atoms with van der Waals surface area (Å²) in [4.78, 5) is 4.17. The van der Waals surface area contributed by atoms with Crippen molar-refractivity contribution in [3.05, 3.63) is 42.5 Å². The molecule has 2 aromatic heterocycles. The fourth-order valence-electron chi connectivity index (χ4n) is 1.87. The minimum absolute atomic E-state index is 0.610. The molecule has 0 bridgehead atoms. The molecule has 8 heteroatoms. The van der Waals surface area contributed by atoms with E-state index in [1.807, 2.05) is 37.4 Å². The van der Waals surface area contributed by atoms with Gasteiger partial charge in [0.1, 0.15) is 12.2 Å². The lowest BCUT2D eigenvalue weighted by atomic mass is 10.3. The maximum absolute atomic E-state index is 4.17. The van der Waals surface area contributed by atoms with E-state index in [4.69, 9.17) is 0 Å². The number of hydrogen-bond acceptors (Lipinski definition) is 6. The first kappa shape index (κ1) is 12.3. The Morgan fingerprint density at radius 1 is 1.20 bits per heavy atom. The third kappa shape index (κ3) is 2.48. The molecule has 0 atom stereocenters. The summed E-state index contributed by atoms with van der Waals surface area (Å²) in [5.74, 6) is 1.52. The molecular weight excluding hydrogens is 256 g/mol. The van der Waals surface area contributed by atoms with Crippen LogP contribution in [0.25, 0.3) is 5.69 Å². The summed E-state index contributed by atoms with van der Waals surface area (Å²) >= 11 is 0. The first-order chi connectivity index (χ1) is 9.84. The zero-order valence-corrected chi connectivity index (χ0v) is 11.0. The third-order valence-corrected chi connectivity index (χ3v) is 2.91. The van der Waals surface area contributed by atoms with Crippen LogP contribution in [0.3, 0.4) is 0 Å². The lowest BCUT2D eigenvalue weighted by molar-refractivity contribution is 0.700. The smallest absolute Gasteiger partial charge is 0.247 e. The largest absolute Gasteiger partial charge is 0.352 e. The zero-order chi connectivity index (χ0) is 13.8. The van der Waals surface area contributed by atoms with E-state index in [0.717, 1.165) is 17.9 Å². The maximum atomic E-state index is 4.17. The van der Waals surface area contributed by atoms with Crippen LogP contribution >= 0.6 is 0 Å². The molecule has 20 heavy (non-hydrogen) atoms. The molecule has 0 amide bonds. The molecule has 0 fully saturated rings. The molecule has 0 aliphatic carbocycles. The van der Waals surface area contributed by atoms with E-state index >= 15 is 0 Å². The van der Waals surface area contributed by atoms with Crippen molar-refractivity contribution >= 4 is 5.95 Å². The number of nitrogens with zero attached hydrogens (tertiary/aromatic N) is 7. The average Bonchev–Trinajstić information content (AvgIpc) is 3.10. The lowest BCUT2D eigenvalue weighted by Gasteiger charge is -2.06. The maximum Gasteiger partial charge on any atom is 0.247 e. The van der Waals surface area contributed by atoms with Gasteiger partial charge in [0.2, 0.25) is 5.95 Å². The first-order valence-electron chi connectivity index (χ1n) is 6.25.